The number of rotatable bonds is 9. The van der Waals surface area contributed by atoms with Crippen molar-refractivity contribution in [1.82, 2.24) is 4.90 Å². The first-order valence-corrected chi connectivity index (χ1v) is 8.63. The zero-order chi connectivity index (χ0) is 19.2. The summed E-state index contributed by atoms with van der Waals surface area (Å²) in [6.45, 7) is 12.5. The van der Waals surface area contributed by atoms with Gasteiger partial charge in [-0.3, -0.25) is 14.5 Å². The van der Waals surface area contributed by atoms with Crippen LogP contribution in [0.4, 0.5) is 0 Å². The third-order valence-electron chi connectivity index (χ3n) is 4.49. The summed E-state index contributed by atoms with van der Waals surface area (Å²) in [6, 6.07) is 16.0. The van der Waals surface area contributed by atoms with E-state index in [-0.39, 0.29) is 11.6 Å². The van der Waals surface area contributed by atoms with Gasteiger partial charge in [0.25, 0.3) is 0 Å². The third-order valence-corrected chi connectivity index (χ3v) is 4.49. The Hall–Kier alpha value is -2.78. The summed E-state index contributed by atoms with van der Waals surface area (Å²) in [5.41, 5.74) is 1.08. The van der Waals surface area contributed by atoms with Crippen molar-refractivity contribution >= 4 is 11.6 Å². The van der Waals surface area contributed by atoms with Gasteiger partial charge in [0.15, 0.2) is 11.6 Å². The second-order valence-corrected chi connectivity index (χ2v) is 6.64. The fourth-order valence-electron chi connectivity index (χ4n) is 2.87. The van der Waals surface area contributed by atoms with Crippen LogP contribution in [0.2, 0.25) is 0 Å². The van der Waals surface area contributed by atoms with Crippen LogP contribution in [0.1, 0.15) is 40.1 Å². The highest BCUT2D eigenvalue weighted by Crippen LogP contribution is 2.22. The summed E-state index contributed by atoms with van der Waals surface area (Å²) in [4.78, 5) is 27.5. The van der Waals surface area contributed by atoms with Crippen molar-refractivity contribution in [2.24, 2.45) is 0 Å². The summed E-state index contributed by atoms with van der Waals surface area (Å²) >= 11 is 0. The van der Waals surface area contributed by atoms with Crippen LogP contribution >= 0.6 is 0 Å². The van der Waals surface area contributed by atoms with E-state index in [4.69, 9.17) is 0 Å². The molecule has 0 fully saturated rings. The highest BCUT2D eigenvalue weighted by Gasteiger charge is 2.34. The Bertz CT molecular complexity index is 779. The van der Waals surface area contributed by atoms with Crippen LogP contribution in [0.3, 0.4) is 0 Å². The standard InChI is InChI=1S/C23H25NO2/c1-5-16-24(17-6-2)23(3,4)22(26)20-14-12-19(13-15-20)21(25)18-10-8-7-9-11-18/h5-15H,1-2,16-17H2,3-4H3. The quantitative estimate of drug-likeness (QED) is 0.493. The first kappa shape index (κ1) is 19.5. The highest BCUT2D eigenvalue weighted by molar-refractivity contribution is 6.10. The first-order chi connectivity index (χ1) is 12.4. The largest absolute Gasteiger partial charge is 0.292 e. The normalized spacial score (nSPS) is 11.2. The molecule has 26 heavy (non-hydrogen) atoms. The molecular weight excluding hydrogens is 322 g/mol. The number of benzene rings is 2. The minimum atomic E-state index is -0.701. The molecule has 0 radical (unpaired) electrons. The lowest BCUT2D eigenvalue weighted by Gasteiger charge is -2.36. The van der Waals surface area contributed by atoms with E-state index in [1.165, 1.54) is 0 Å². The maximum absolute atomic E-state index is 13.0. The smallest absolute Gasteiger partial charge is 0.193 e. The molecule has 3 nitrogen and oxygen atoms in total. The van der Waals surface area contributed by atoms with E-state index in [1.54, 1.807) is 48.6 Å². The van der Waals surface area contributed by atoms with E-state index in [9.17, 15) is 9.59 Å². The van der Waals surface area contributed by atoms with Crippen LogP contribution in [0, 0.1) is 0 Å². The topological polar surface area (TPSA) is 37.4 Å². The van der Waals surface area contributed by atoms with E-state index >= 15 is 0 Å². The van der Waals surface area contributed by atoms with Crippen LogP contribution in [-0.4, -0.2) is 35.1 Å². The number of ketones is 2. The summed E-state index contributed by atoms with van der Waals surface area (Å²) in [7, 11) is 0. The van der Waals surface area contributed by atoms with Gasteiger partial charge in [-0.1, -0.05) is 66.7 Å². The van der Waals surface area contributed by atoms with Gasteiger partial charge in [-0.25, -0.2) is 0 Å². The molecule has 0 amide bonds. The van der Waals surface area contributed by atoms with Crippen molar-refractivity contribution < 1.29 is 9.59 Å². The van der Waals surface area contributed by atoms with Crippen LogP contribution in [0.5, 0.6) is 0 Å². The van der Waals surface area contributed by atoms with Crippen LogP contribution in [0.25, 0.3) is 0 Å². The molecule has 0 bridgehead atoms. The van der Waals surface area contributed by atoms with E-state index in [1.807, 2.05) is 36.9 Å². The molecule has 134 valence electrons. The fraction of sp³-hybridized carbons (Fsp3) is 0.217. The fourth-order valence-corrected chi connectivity index (χ4v) is 2.87. The molecule has 0 aliphatic carbocycles. The zero-order valence-electron chi connectivity index (χ0n) is 15.4. The minimum absolute atomic E-state index is 0.0000832. The van der Waals surface area contributed by atoms with Gasteiger partial charge in [-0.2, -0.15) is 0 Å². The number of carbonyl (C=O) groups is 2. The molecular formula is C23H25NO2. The lowest BCUT2D eigenvalue weighted by atomic mass is 9.90. The Morgan fingerprint density at radius 3 is 1.81 bits per heavy atom. The summed E-state index contributed by atoms with van der Waals surface area (Å²) in [6.07, 6.45) is 3.56. The van der Waals surface area contributed by atoms with Gasteiger partial charge in [-0.05, 0) is 13.8 Å². The Balaban J connectivity index is 2.23. The van der Waals surface area contributed by atoms with Gasteiger partial charge in [0.1, 0.15) is 0 Å². The van der Waals surface area contributed by atoms with Gasteiger partial charge >= 0.3 is 0 Å². The second kappa shape index (κ2) is 8.54. The minimum Gasteiger partial charge on any atom is -0.292 e. The lowest BCUT2D eigenvalue weighted by molar-refractivity contribution is 0.0699. The highest BCUT2D eigenvalue weighted by atomic mass is 16.1. The van der Waals surface area contributed by atoms with E-state index in [2.05, 4.69) is 13.2 Å². The monoisotopic (exact) mass is 347 g/mol. The molecule has 0 saturated heterocycles. The Morgan fingerprint density at radius 1 is 0.846 bits per heavy atom. The summed E-state index contributed by atoms with van der Waals surface area (Å²) in [5, 5.41) is 0. The molecule has 0 aliphatic heterocycles. The molecule has 3 heteroatoms. The SMILES string of the molecule is C=CCN(CC=C)C(C)(C)C(=O)c1ccc(C(=O)c2ccccc2)cc1. The molecule has 0 N–H and O–H groups in total. The Kier molecular flexibility index (Phi) is 6.42. The van der Waals surface area contributed by atoms with Crippen molar-refractivity contribution in [3.8, 4) is 0 Å². The maximum Gasteiger partial charge on any atom is 0.193 e. The van der Waals surface area contributed by atoms with Crippen molar-refractivity contribution in [1.29, 1.82) is 0 Å². The maximum atomic E-state index is 13.0. The van der Waals surface area contributed by atoms with Crippen LogP contribution < -0.4 is 0 Å². The molecule has 2 aromatic rings. The molecule has 0 saturated carbocycles. The van der Waals surface area contributed by atoms with Crippen molar-refractivity contribution in [3.05, 3.63) is 96.6 Å². The number of nitrogens with zero attached hydrogens (tertiary/aromatic N) is 1. The average molecular weight is 347 g/mol. The third kappa shape index (κ3) is 4.24. The molecule has 0 unspecified atom stereocenters. The summed E-state index contributed by atoms with van der Waals surface area (Å²) < 4.78 is 0. The Labute approximate surface area is 155 Å². The molecule has 0 atom stereocenters. The van der Waals surface area contributed by atoms with Crippen molar-refractivity contribution in [2.75, 3.05) is 13.1 Å². The molecule has 2 rings (SSSR count). The average Bonchev–Trinajstić information content (AvgIpc) is 2.67. The predicted molar refractivity (Wildman–Crippen MR) is 107 cm³/mol. The number of hydrogen-bond acceptors (Lipinski definition) is 3. The number of Topliss-reactive ketones (excluding diaryl/α,β-unsaturated/α-hetero) is 1. The van der Waals surface area contributed by atoms with Gasteiger partial charge in [0.05, 0.1) is 5.54 Å². The molecule has 0 aromatic heterocycles. The van der Waals surface area contributed by atoms with Gasteiger partial charge in [-0.15, -0.1) is 13.2 Å². The van der Waals surface area contributed by atoms with Gasteiger partial charge in [0, 0.05) is 29.8 Å². The molecule has 2 aromatic carbocycles. The lowest BCUT2D eigenvalue weighted by Crippen LogP contribution is -2.50. The summed E-state index contributed by atoms with van der Waals surface area (Å²) in [5.74, 6) is -0.0521. The van der Waals surface area contributed by atoms with Gasteiger partial charge < -0.3 is 0 Å². The zero-order valence-corrected chi connectivity index (χ0v) is 15.4. The Morgan fingerprint density at radius 2 is 1.31 bits per heavy atom. The second-order valence-electron chi connectivity index (χ2n) is 6.64. The number of carbonyl (C=O) groups excluding carboxylic acids is 2. The van der Waals surface area contributed by atoms with Crippen LogP contribution in [-0.2, 0) is 0 Å². The van der Waals surface area contributed by atoms with Crippen LogP contribution in [0.15, 0.2) is 79.9 Å². The van der Waals surface area contributed by atoms with Gasteiger partial charge in [0.2, 0.25) is 0 Å². The number of hydrogen-bond donors (Lipinski definition) is 0. The van der Waals surface area contributed by atoms with E-state index in [0.717, 1.165) is 0 Å². The van der Waals surface area contributed by atoms with E-state index < -0.39 is 5.54 Å². The van der Waals surface area contributed by atoms with Crippen molar-refractivity contribution in [2.45, 2.75) is 19.4 Å². The predicted octanol–water partition coefficient (Wildman–Crippen LogP) is 4.55. The van der Waals surface area contributed by atoms with Crippen molar-refractivity contribution in [3.63, 3.8) is 0 Å². The molecule has 0 spiro atoms. The molecule has 0 aliphatic rings. The molecule has 0 heterocycles. The van der Waals surface area contributed by atoms with E-state index in [0.29, 0.717) is 29.8 Å². The first-order valence-electron chi connectivity index (χ1n) is 8.63.